The van der Waals surface area contributed by atoms with Crippen LogP contribution in [0, 0.1) is 5.41 Å². The van der Waals surface area contributed by atoms with Crippen molar-refractivity contribution >= 4 is 36.5 Å². The Kier molecular flexibility index (Phi) is 42.9. The number of carbonyl (C=O) groups excluding carboxylic acids is 6. The van der Waals surface area contributed by atoms with Crippen molar-refractivity contribution in [3.63, 3.8) is 0 Å². The molecule has 0 atom stereocenters. The van der Waals surface area contributed by atoms with Crippen LogP contribution in [0.1, 0.15) is 111 Å². The lowest BCUT2D eigenvalue weighted by Crippen LogP contribution is -2.32. The third-order valence-electron chi connectivity index (χ3n) is 6.16. The van der Waals surface area contributed by atoms with Crippen molar-refractivity contribution in [3.8, 4) is 0 Å². The van der Waals surface area contributed by atoms with Crippen molar-refractivity contribution < 1.29 is 44.1 Å². The minimum atomic E-state index is -0.667. The summed E-state index contributed by atoms with van der Waals surface area (Å²) < 4.78 is 0. The summed E-state index contributed by atoms with van der Waals surface area (Å²) in [6, 6.07) is 0. The predicted molar refractivity (Wildman–Crippen MR) is 167 cm³/mol. The standard InChI is InChI=1S/3C8H12N2O2.C6H14O3/c3*1-2-3-4-5-8(9-6-11)10-7-12;1-2-6(3-7,4-8)5-9/h3*8H,2-5H2,1H3;7-9H,2-5H2,1H3. The van der Waals surface area contributed by atoms with Crippen LogP contribution < -0.4 is 0 Å². The number of rotatable bonds is 22. The van der Waals surface area contributed by atoms with Crippen LogP contribution in [0.2, 0.25) is 0 Å². The van der Waals surface area contributed by atoms with Gasteiger partial charge in [-0.3, -0.25) is 0 Å². The zero-order chi connectivity index (χ0) is 35.0. The maximum absolute atomic E-state index is 9.84. The molecule has 0 aliphatic carbocycles. The Hall–Kier alpha value is -3.84. The molecule has 0 aliphatic heterocycles. The van der Waals surface area contributed by atoms with Gasteiger partial charge >= 0.3 is 0 Å². The van der Waals surface area contributed by atoms with Gasteiger partial charge in [-0.2, -0.15) is 30.0 Å². The highest BCUT2D eigenvalue weighted by Gasteiger charge is 2.24. The fourth-order valence-corrected chi connectivity index (χ4v) is 3.06. The molecule has 0 aromatic heterocycles. The van der Waals surface area contributed by atoms with E-state index in [4.69, 9.17) is 15.3 Å². The molecule has 0 spiro atoms. The molecule has 0 heterocycles. The number of aliphatic hydroxyl groups is 3. The Labute approximate surface area is 265 Å². The average molecular weight is 639 g/mol. The van der Waals surface area contributed by atoms with Crippen LogP contribution in [0.4, 0.5) is 0 Å². The zero-order valence-corrected chi connectivity index (χ0v) is 27.0. The first-order valence-electron chi connectivity index (χ1n) is 15.0. The number of aliphatic hydroxyl groups excluding tert-OH is 3. The van der Waals surface area contributed by atoms with Gasteiger partial charge in [0.05, 0.1) is 19.8 Å². The minimum Gasteiger partial charge on any atom is -0.396 e. The summed E-state index contributed by atoms with van der Waals surface area (Å²) in [5.74, 6) is 0. The van der Waals surface area contributed by atoms with Gasteiger partial charge in [0.1, 0.15) is 0 Å². The van der Waals surface area contributed by atoms with Crippen LogP contribution in [0.25, 0.3) is 0 Å². The van der Waals surface area contributed by atoms with Gasteiger partial charge in [-0.1, -0.05) is 66.2 Å². The molecule has 0 aliphatic rings. The zero-order valence-electron chi connectivity index (χ0n) is 27.0. The largest absolute Gasteiger partial charge is 0.396 e. The molecule has 0 saturated carbocycles. The molecule has 0 unspecified atom stereocenters. The van der Waals surface area contributed by atoms with E-state index in [9.17, 15) is 28.8 Å². The molecule has 254 valence electrons. The Balaban J connectivity index is -0.000000251. The van der Waals surface area contributed by atoms with E-state index < -0.39 is 23.9 Å². The topological polar surface area (TPSA) is 237 Å². The van der Waals surface area contributed by atoms with E-state index in [0.29, 0.717) is 25.7 Å². The second-order valence-electron chi connectivity index (χ2n) is 9.58. The van der Waals surface area contributed by atoms with E-state index in [1.807, 2.05) is 6.92 Å². The van der Waals surface area contributed by atoms with Crippen molar-refractivity contribution in [2.45, 2.75) is 130 Å². The second kappa shape index (κ2) is 40.2. The molecular formula is C30H50N6O9. The van der Waals surface area contributed by atoms with Gasteiger partial charge in [0.2, 0.25) is 36.5 Å². The highest BCUT2D eigenvalue weighted by Crippen LogP contribution is 2.18. The molecule has 45 heavy (non-hydrogen) atoms. The molecule has 0 fully saturated rings. The maximum atomic E-state index is 9.84. The Morgan fingerprint density at radius 3 is 0.778 bits per heavy atom. The van der Waals surface area contributed by atoms with Gasteiger partial charge in [-0.25, -0.2) is 28.8 Å². The summed E-state index contributed by atoms with van der Waals surface area (Å²) in [7, 11) is 0. The molecule has 15 heteroatoms. The Morgan fingerprint density at radius 2 is 0.667 bits per heavy atom. The fourth-order valence-electron chi connectivity index (χ4n) is 3.06. The van der Waals surface area contributed by atoms with Crippen molar-refractivity contribution in [3.05, 3.63) is 0 Å². The highest BCUT2D eigenvalue weighted by atomic mass is 16.3. The van der Waals surface area contributed by atoms with Crippen molar-refractivity contribution in [1.29, 1.82) is 0 Å². The number of nitrogens with zero attached hydrogens (tertiary/aromatic N) is 6. The maximum Gasteiger partial charge on any atom is 0.237 e. The van der Waals surface area contributed by atoms with Crippen molar-refractivity contribution in [1.82, 2.24) is 0 Å². The van der Waals surface area contributed by atoms with E-state index in [1.165, 1.54) is 36.5 Å². The first-order chi connectivity index (χ1) is 21.8. The van der Waals surface area contributed by atoms with Gasteiger partial charge in [-0.05, 0) is 44.9 Å². The fraction of sp³-hybridized carbons (Fsp3) is 0.800. The van der Waals surface area contributed by atoms with Crippen molar-refractivity contribution in [2.24, 2.45) is 35.4 Å². The molecule has 0 saturated heterocycles. The van der Waals surface area contributed by atoms with Gasteiger partial charge in [0.25, 0.3) is 0 Å². The van der Waals surface area contributed by atoms with Gasteiger partial charge in [0, 0.05) is 5.41 Å². The summed E-state index contributed by atoms with van der Waals surface area (Å²) in [5.41, 5.74) is -0.667. The average Bonchev–Trinajstić information content (AvgIpc) is 3.04. The predicted octanol–water partition coefficient (Wildman–Crippen LogP) is 4.05. The lowest BCUT2D eigenvalue weighted by Gasteiger charge is -2.24. The normalized spacial score (nSPS) is 11.3. The molecule has 0 rings (SSSR count). The van der Waals surface area contributed by atoms with Gasteiger partial charge < -0.3 is 15.3 Å². The van der Waals surface area contributed by atoms with E-state index in [1.54, 1.807) is 0 Å². The molecule has 3 N–H and O–H groups in total. The SMILES string of the molecule is CCC(CO)(CO)CO.CCCCCC(N=C=O)N=C=O.CCCCCC(N=C=O)N=C=O.CCCCCC(N=C=O)N=C=O. The van der Waals surface area contributed by atoms with Crippen LogP contribution in [0.15, 0.2) is 30.0 Å². The van der Waals surface area contributed by atoms with Crippen LogP contribution in [0.5, 0.6) is 0 Å². The Bertz CT molecular complexity index is 805. The Morgan fingerprint density at radius 1 is 0.444 bits per heavy atom. The van der Waals surface area contributed by atoms with Gasteiger partial charge in [-0.15, -0.1) is 0 Å². The lowest BCUT2D eigenvalue weighted by atomic mass is 9.88. The summed E-state index contributed by atoms with van der Waals surface area (Å²) in [4.78, 5) is 79.2. The molecule has 0 aromatic rings. The summed E-state index contributed by atoms with van der Waals surface area (Å²) >= 11 is 0. The molecule has 0 aromatic carbocycles. The van der Waals surface area contributed by atoms with Crippen molar-refractivity contribution in [2.75, 3.05) is 19.8 Å². The third kappa shape index (κ3) is 34.5. The molecule has 15 nitrogen and oxygen atoms in total. The van der Waals surface area contributed by atoms with Gasteiger partial charge in [0.15, 0.2) is 18.5 Å². The highest BCUT2D eigenvalue weighted by molar-refractivity contribution is 5.37. The number of aliphatic imine (C=N–C) groups is 6. The smallest absolute Gasteiger partial charge is 0.237 e. The van der Waals surface area contributed by atoms with Crippen LogP contribution >= 0.6 is 0 Å². The number of hydrogen-bond acceptors (Lipinski definition) is 15. The lowest BCUT2D eigenvalue weighted by molar-refractivity contribution is 0.00304. The van der Waals surface area contributed by atoms with Crippen LogP contribution in [-0.4, -0.2) is 90.1 Å². The summed E-state index contributed by atoms with van der Waals surface area (Å²) in [5, 5.41) is 26.0. The minimum absolute atomic E-state index is 0.156. The summed E-state index contributed by atoms with van der Waals surface area (Å²) in [6.07, 6.45) is 18.2. The summed E-state index contributed by atoms with van der Waals surface area (Å²) in [6.45, 7) is 7.56. The number of unbranched alkanes of at least 4 members (excludes halogenated alkanes) is 6. The first kappa shape index (κ1) is 48.1. The van der Waals surface area contributed by atoms with E-state index >= 15 is 0 Å². The third-order valence-corrected chi connectivity index (χ3v) is 6.16. The molecule has 0 amide bonds. The van der Waals surface area contributed by atoms with Crippen LogP contribution in [-0.2, 0) is 28.8 Å². The number of hydrogen-bond donors (Lipinski definition) is 3. The van der Waals surface area contributed by atoms with E-state index in [-0.39, 0.29) is 19.8 Å². The molecular weight excluding hydrogens is 588 g/mol. The van der Waals surface area contributed by atoms with E-state index in [0.717, 1.165) is 57.8 Å². The molecule has 0 radical (unpaired) electrons. The second-order valence-corrected chi connectivity index (χ2v) is 9.58. The number of isocyanates is 6. The molecule has 0 bridgehead atoms. The first-order valence-corrected chi connectivity index (χ1v) is 15.0. The van der Waals surface area contributed by atoms with Crippen LogP contribution in [0.3, 0.4) is 0 Å². The monoisotopic (exact) mass is 638 g/mol. The van der Waals surface area contributed by atoms with E-state index in [2.05, 4.69) is 50.7 Å². The quantitative estimate of drug-likeness (QED) is 0.0879.